The summed E-state index contributed by atoms with van der Waals surface area (Å²) >= 11 is 6.44. The largest absolute Gasteiger partial charge is 0.493 e. The molecule has 0 saturated heterocycles. The maximum absolute atomic E-state index is 13.0. The second-order valence-electron chi connectivity index (χ2n) is 6.68. The Kier molecular flexibility index (Phi) is 6.42. The maximum Gasteiger partial charge on any atom is 0.180 e. The third-order valence-electron chi connectivity index (χ3n) is 4.59. The molecule has 0 aliphatic rings. The Morgan fingerprint density at radius 2 is 1.68 bits per heavy atom. The number of hydrogen-bond donors (Lipinski definition) is 1. The Hall–Kier alpha value is -2.72. The number of ether oxygens (including phenoxy) is 2. The van der Waals surface area contributed by atoms with Gasteiger partial charge in [0.15, 0.2) is 11.5 Å². The van der Waals surface area contributed by atoms with Crippen molar-refractivity contribution < 1.29 is 13.9 Å². The van der Waals surface area contributed by atoms with Crippen molar-refractivity contribution in [1.82, 2.24) is 0 Å². The van der Waals surface area contributed by atoms with E-state index < -0.39 is 0 Å². The molecule has 0 unspecified atom stereocenters. The van der Waals surface area contributed by atoms with Gasteiger partial charge in [-0.15, -0.1) is 0 Å². The summed E-state index contributed by atoms with van der Waals surface area (Å²) in [7, 11) is 1.58. The molecule has 0 saturated carbocycles. The van der Waals surface area contributed by atoms with Gasteiger partial charge in [0.25, 0.3) is 0 Å². The van der Waals surface area contributed by atoms with E-state index >= 15 is 0 Å². The van der Waals surface area contributed by atoms with Crippen molar-refractivity contribution >= 4 is 17.3 Å². The van der Waals surface area contributed by atoms with Crippen LogP contribution in [-0.2, 0) is 13.2 Å². The predicted octanol–water partition coefficient (Wildman–Crippen LogP) is 6.30. The van der Waals surface area contributed by atoms with Gasteiger partial charge in [-0.2, -0.15) is 0 Å². The van der Waals surface area contributed by atoms with Gasteiger partial charge in [0.05, 0.1) is 12.1 Å². The number of halogens is 2. The summed E-state index contributed by atoms with van der Waals surface area (Å²) in [5, 5.41) is 3.87. The van der Waals surface area contributed by atoms with Gasteiger partial charge in [-0.1, -0.05) is 29.8 Å². The van der Waals surface area contributed by atoms with Crippen LogP contribution < -0.4 is 14.8 Å². The number of aryl methyl sites for hydroxylation is 2. The van der Waals surface area contributed by atoms with Gasteiger partial charge in [0.2, 0.25) is 0 Å². The van der Waals surface area contributed by atoms with Gasteiger partial charge in [0, 0.05) is 12.2 Å². The normalized spacial score (nSPS) is 10.6. The van der Waals surface area contributed by atoms with E-state index in [-0.39, 0.29) is 12.4 Å². The summed E-state index contributed by atoms with van der Waals surface area (Å²) in [4.78, 5) is 0. The highest BCUT2D eigenvalue weighted by atomic mass is 35.5. The van der Waals surface area contributed by atoms with Gasteiger partial charge in [0.1, 0.15) is 12.4 Å². The Morgan fingerprint density at radius 3 is 2.36 bits per heavy atom. The van der Waals surface area contributed by atoms with Crippen LogP contribution >= 0.6 is 11.6 Å². The number of nitrogens with one attached hydrogen (secondary N) is 1. The van der Waals surface area contributed by atoms with Crippen molar-refractivity contribution in [2.75, 3.05) is 12.4 Å². The number of hydrogen-bond acceptors (Lipinski definition) is 3. The number of methoxy groups -OCH3 is 1. The Morgan fingerprint density at radius 1 is 0.929 bits per heavy atom. The molecule has 3 aromatic carbocycles. The van der Waals surface area contributed by atoms with E-state index in [1.807, 2.05) is 12.1 Å². The lowest BCUT2D eigenvalue weighted by Gasteiger charge is -2.15. The number of anilines is 1. The highest BCUT2D eigenvalue weighted by Gasteiger charge is 2.12. The van der Waals surface area contributed by atoms with E-state index in [1.54, 1.807) is 19.2 Å². The van der Waals surface area contributed by atoms with E-state index in [4.69, 9.17) is 21.1 Å². The molecule has 0 bridgehead atoms. The smallest absolute Gasteiger partial charge is 0.180 e. The van der Waals surface area contributed by atoms with Crippen molar-refractivity contribution in [3.05, 3.63) is 87.7 Å². The summed E-state index contributed by atoms with van der Waals surface area (Å²) in [5.74, 6) is 0.759. The summed E-state index contributed by atoms with van der Waals surface area (Å²) in [6.45, 7) is 5.06. The molecule has 0 aliphatic carbocycles. The second-order valence-corrected chi connectivity index (χ2v) is 7.08. The average molecular weight is 400 g/mol. The topological polar surface area (TPSA) is 30.5 Å². The first-order valence-electron chi connectivity index (χ1n) is 9.01. The molecule has 3 aromatic rings. The third kappa shape index (κ3) is 4.96. The first-order valence-corrected chi connectivity index (χ1v) is 9.39. The van der Waals surface area contributed by atoms with Crippen LogP contribution in [0.1, 0.15) is 22.3 Å². The van der Waals surface area contributed by atoms with E-state index in [9.17, 15) is 4.39 Å². The fraction of sp³-hybridized carbons (Fsp3) is 0.217. The van der Waals surface area contributed by atoms with Crippen LogP contribution in [0.15, 0.2) is 54.6 Å². The first-order chi connectivity index (χ1) is 13.5. The minimum atomic E-state index is -0.278. The van der Waals surface area contributed by atoms with Gasteiger partial charge >= 0.3 is 0 Å². The molecule has 0 radical (unpaired) electrons. The molecule has 3 rings (SSSR count). The van der Waals surface area contributed by atoms with Crippen LogP contribution in [0.4, 0.5) is 10.1 Å². The van der Waals surface area contributed by atoms with Crippen LogP contribution in [0.3, 0.4) is 0 Å². The van der Waals surface area contributed by atoms with E-state index in [1.165, 1.54) is 23.3 Å². The molecule has 0 atom stereocenters. The van der Waals surface area contributed by atoms with Crippen molar-refractivity contribution in [3.63, 3.8) is 0 Å². The quantitative estimate of drug-likeness (QED) is 0.506. The molecular formula is C23H23ClFNO2. The highest BCUT2D eigenvalue weighted by molar-refractivity contribution is 6.32. The molecule has 1 N–H and O–H groups in total. The van der Waals surface area contributed by atoms with E-state index in [0.29, 0.717) is 23.1 Å². The zero-order valence-corrected chi connectivity index (χ0v) is 16.9. The van der Waals surface area contributed by atoms with Crippen molar-refractivity contribution in [3.8, 4) is 11.5 Å². The molecule has 0 aliphatic heterocycles. The second kappa shape index (κ2) is 8.98. The molecule has 0 spiro atoms. The van der Waals surface area contributed by atoms with Crippen LogP contribution in [0.5, 0.6) is 11.5 Å². The zero-order valence-electron chi connectivity index (χ0n) is 16.2. The third-order valence-corrected chi connectivity index (χ3v) is 4.87. The molecular weight excluding hydrogens is 377 g/mol. The van der Waals surface area contributed by atoms with Crippen LogP contribution in [0.25, 0.3) is 0 Å². The zero-order chi connectivity index (χ0) is 20.1. The highest BCUT2D eigenvalue weighted by Crippen LogP contribution is 2.37. The summed E-state index contributed by atoms with van der Waals surface area (Å²) in [6, 6.07) is 16.2. The molecule has 146 valence electrons. The van der Waals surface area contributed by atoms with Gasteiger partial charge in [-0.25, -0.2) is 4.39 Å². The van der Waals surface area contributed by atoms with Crippen molar-refractivity contribution in [2.45, 2.75) is 27.0 Å². The van der Waals surface area contributed by atoms with Crippen molar-refractivity contribution in [1.29, 1.82) is 0 Å². The molecule has 3 nitrogen and oxygen atoms in total. The summed E-state index contributed by atoms with van der Waals surface area (Å²) in [5.41, 5.74) is 5.38. The number of benzene rings is 3. The fourth-order valence-corrected chi connectivity index (χ4v) is 3.09. The lowest BCUT2D eigenvalue weighted by molar-refractivity contribution is 0.284. The summed E-state index contributed by atoms with van der Waals surface area (Å²) in [6.07, 6.45) is 0. The maximum atomic E-state index is 13.0. The monoisotopic (exact) mass is 399 g/mol. The Labute approximate surface area is 170 Å². The van der Waals surface area contributed by atoms with E-state index in [2.05, 4.69) is 37.4 Å². The standard InChI is InChI=1S/C23H23ClFNO2/c1-15-4-9-20(10-16(15)2)26-13-18-11-21(24)23(22(12-18)27-3)28-14-17-5-7-19(25)8-6-17/h4-12,26H,13-14H2,1-3H3. The minimum Gasteiger partial charge on any atom is -0.493 e. The summed E-state index contributed by atoms with van der Waals surface area (Å²) < 4.78 is 24.3. The van der Waals surface area contributed by atoms with Gasteiger partial charge < -0.3 is 14.8 Å². The Bertz CT molecular complexity index is 958. The van der Waals surface area contributed by atoms with Crippen LogP contribution in [0, 0.1) is 19.7 Å². The van der Waals surface area contributed by atoms with E-state index in [0.717, 1.165) is 16.8 Å². The lowest BCUT2D eigenvalue weighted by atomic mass is 10.1. The number of rotatable bonds is 7. The van der Waals surface area contributed by atoms with Crippen LogP contribution in [0.2, 0.25) is 5.02 Å². The van der Waals surface area contributed by atoms with Crippen LogP contribution in [-0.4, -0.2) is 7.11 Å². The van der Waals surface area contributed by atoms with Crippen molar-refractivity contribution in [2.24, 2.45) is 0 Å². The minimum absolute atomic E-state index is 0.274. The first kappa shape index (κ1) is 20.0. The molecule has 0 fully saturated rings. The predicted molar refractivity (Wildman–Crippen MR) is 112 cm³/mol. The molecule has 0 aromatic heterocycles. The fourth-order valence-electron chi connectivity index (χ4n) is 2.81. The average Bonchev–Trinajstić information content (AvgIpc) is 2.69. The molecule has 5 heteroatoms. The van der Waals surface area contributed by atoms with Gasteiger partial charge in [-0.3, -0.25) is 0 Å². The molecule has 0 heterocycles. The Balaban J connectivity index is 1.71. The SMILES string of the molecule is COc1cc(CNc2ccc(C)c(C)c2)cc(Cl)c1OCc1ccc(F)cc1. The molecule has 28 heavy (non-hydrogen) atoms. The lowest BCUT2D eigenvalue weighted by Crippen LogP contribution is -2.03. The van der Waals surface area contributed by atoms with Gasteiger partial charge in [-0.05, 0) is 72.5 Å². The molecule has 0 amide bonds.